The second-order valence-electron chi connectivity index (χ2n) is 8.72. The van der Waals surface area contributed by atoms with Gasteiger partial charge in [0.2, 0.25) is 0 Å². The van der Waals surface area contributed by atoms with E-state index in [0.29, 0.717) is 12.2 Å². The van der Waals surface area contributed by atoms with E-state index in [0.717, 1.165) is 28.5 Å². The third-order valence-electron chi connectivity index (χ3n) is 6.29. The Morgan fingerprint density at radius 3 is 2.54 bits per heavy atom. The summed E-state index contributed by atoms with van der Waals surface area (Å²) in [6.07, 6.45) is 0.510. The van der Waals surface area contributed by atoms with Crippen molar-refractivity contribution in [2.45, 2.75) is 26.3 Å². The Morgan fingerprint density at radius 2 is 1.83 bits per heavy atom. The second kappa shape index (κ2) is 10.1. The van der Waals surface area contributed by atoms with Crippen LogP contribution < -0.4 is 4.74 Å². The molecular formula is C28H28FN3O3. The highest BCUT2D eigenvalue weighted by Crippen LogP contribution is 2.37. The molecular weight excluding hydrogens is 445 g/mol. The number of carbonyl (C=O) groups is 2. The molecule has 0 aromatic heterocycles. The van der Waals surface area contributed by atoms with Gasteiger partial charge in [-0.1, -0.05) is 36.4 Å². The van der Waals surface area contributed by atoms with E-state index in [4.69, 9.17) is 9.84 Å². The van der Waals surface area contributed by atoms with Crippen molar-refractivity contribution >= 4 is 17.5 Å². The van der Waals surface area contributed by atoms with Crippen LogP contribution in [0.4, 0.5) is 4.39 Å². The minimum atomic E-state index is -0.506. The van der Waals surface area contributed by atoms with Crippen LogP contribution in [0.15, 0.2) is 71.8 Å². The molecule has 0 spiro atoms. The Hall–Kier alpha value is -4.00. The number of ether oxygens (including phenoxy) is 1. The van der Waals surface area contributed by atoms with Crippen LogP contribution in [0.5, 0.6) is 5.75 Å². The van der Waals surface area contributed by atoms with E-state index < -0.39 is 11.7 Å². The molecule has 2 amide bonds. The van der Waals surface area contributed by atoms with E-state index in [9.17, 15) is 14.0 Å². The van der Waals surface area contributed by atoms with E-state index in [-0.39, 0.29) is 24.1 Å². The molecule has 3 aromatic carbocycles. The fraction of sp³-hybridized carbons (Fsp3) is 0.250. The molecule has 1 atom stereocenters. The average molecular weight is 474 g/mol. The SMILES string of the molecule is COc1ccccc1[C@@H]1CC(c2ccc(C)c(C)c2)=NN1C(=O)CN(C)C(=O)c1cccc(F)c1. The Morgan fingerprint density at radius 1 is 1.06 bits per heavy atom. The number of carbonyl (C=O) groups excluding carboxylic acids is 2. The van der Waals surface area contributed by atoms with Crippen LogP contribution >= 0.6 is 0 Å². The first-order valence-corrected chi connectivity index (χ1v) is 11.4. The summed E-state index contributed by atoms with van der Waals surface area (Å²) in [6, 6.07) is 18.7. The number of rotatable bonds is 6. The number of amides is 2. The standard InChI is InChI=1S/C28H28FN3O3/c1-18-12-13-20(14-19(18)2)24-16-25(23-10-5-6-11-26(23)35-4)32(30-24)27(33)17-31(3)28(34)21-8-7-9-22(29)15-21/h5-15,25H,16-17H2,1-4H3/t25-/m0/s1. The number of hydrogen-bond acceptors (Lipinski definition) is 4. The van der Waals surface area contributed by atoms with E-state index in [1.807, 2.05) is 43.3 Å². The van der Waals surface area contributed by atoms with Gasteiger partial charge in [-0.15, -0.1) is 0 Å². The molecule has 180 valence electrons. The van der Waals surface area contributed by atoms with Crippen LogP contribution in [-0.4, -0.2) is 48.1 Å². The Labute approximate surface area is 204 Å². The van der Waals surface area contributed by atoms with Crippen molar-refractivity contribution in [3.63, 3.8) is 0 Å². The molecule has 3 aromatic rings. The molecule has 6 nitrogen and oxygen atoms in total. The number of hydrazone groups is 1. The van der Waals surface area contributed by atoms with Crippen LogP contribution in [-0.2, 0) is 4.79 Å². The quantitative estimate of drug-likeness (QED) is 0.512. The predicted molar refractivity (Wildman–Crippen MR) is 133 cm³/mol. The molecule has 1 heterocycles. The van der Waals surface area contributed by atoms with Crippen molar-refractivity contribution in [2.75, 3.05) is 20.7 Å². The summed E-state index contributed by atoms with van der Waals surface area (Å²) in [5, 5.41) is 6.15. The average Bonchev–Trinajstić information content (AvgIpc) is 3.30. The molecule has 1 aliphatic rings. The van der Waals surface area contributed by atoms with Gasteiger partial charge in [0.15, 0.2) is 0 Å². The zero-order valence-corrected chi connectivity index (χ0v) is 20.3. The number of benzene rings is 3. The maximum atomic E-state index is 13.6. The van der Waals surface area contributed by atoms with Gasteiger partial charge in [-0.3, -0.25) is 9.59 Å². The molecule has 0 radical (unpaired) electrons. The predicted octanol–water partition coefficient (Wildman–Crippen LogP) is 4.90. The summed E-state index contributed by atoms with van der Waals surface area (Å²) in [5.41, 5.74) is 5.08. The van der Waals surface area contributed by atoms with Gasteiger partial charge in [-0.2, -0.15) is 5.10 Å². The van der Waals surface area contributed by atoms with Crippen molar-refractivity contribution < 1.29 is 18.7 Å². The smallest absolute Gasteiger partial charge is 0.262 e. The summed E-state index contributed by atoms with van der Waals surface area (Å²) in [6.45, 7) is 3.89. The molecule has 0 aliphatic carbocycles. The van der Waals surface area contributed by atoms with Crippen LogP contribution in [0.3, 0.4) is 0 Å². The lowest BCUT2D eigenvalue weighted by molar-refractivity contribution is -0.133. The second-order valence-corrected chi connectivity index (χ2v) is 8.72. The summed E-state index contributed by atoms with van der Waals surface area (Å²) < 4.78 is 19.2. The van der Waals surface area contributed by atoms with Gasteiger partial charge in [0, 0.05) is 24.6 Å². The first-order valence-electron chi connectivity index (χ1n) is 11.4. The minimum Gasteiger partial charge on any atom is -0.496 e. The van der Waals surface area contributed by atoms with Gasteiger partial charge in [-0.05, 0) is 60.9 Å². The van der Waals surface area contributed by atoms with Crippen molar-refractivity contribution in [3.05, 3.63) is 100 Å². The Balaban J connectivity index is 1.64. The zero-order chi connectivity index (χ0) is 25.1. The van der Waals surface area contributed by atoms with E-state index in [1.165, 1.54) is 40.7 Å². The lowest BCUT2D eigenvalue weighted by Crippen LogP contribution is -2.39. The Bertz CT molecular complexity index is 1300. The van der Waals surface area contributed by atoms with Crippen molar-refractivity contribution in [3.8, 4) is 5.75 Å². The molecule has 0 bridgehead atoms. The summed E-state index contributed by atoms with van der Waals surface area (Å²) in [4.78, 5) is 27.5. The summed E-state index contributed by atoms with van der Waals surface area (Å²) >= 11 is 0. The molecule has 35 heavy (non-hydrogen) atoms. The number of aryl methyl sites for hydroxylation is 2. The van der Waals surface area contributed by atoms with Gasteiger partial charge in [0.25, 0.3) is 11.8 Å². The normalized spacial score (nSPS) is 15.1. The fourth-order valence-electron chi connectivity index (χ4n) is 4.21. The number of likely N-dealkylation sites (N-methyl/N-ethyl adjacent to an activating group) is 1. The number of hydrogen-bond donors (Lipinski definition) is 0. The zero-order valence-electron chi connectivity index (χ0n) is 20.3. The fourth-order valence-corrected chi connectivity index (χ4v) is 4.21. The highest BCUT2D eigenvalue weighted by Gasteiger charge is 2.35. The van der Waals surface area contributed by atoms with Gasteiger partial charge in [-0.25, -0.2) is 9.40 Å². The molecule has 0 saturated carbocycles. The van der Waals surface area contributed by atoms with Crippen LogP contribution in [0.25, 0.3) is 0 Å². The van der Waals surface area contributed by atoms with Crippen LogP contribution in [0.1, 0.15) is 45.1 Å². The number of para-hydroxylation sites is 1. The van der Waals surface area contributed by atoms with Crippen LogP contribution in [0, 0.1) is 19.7 Å². The molecule has 4 rings (SSSR count). The molecule has 1 aliphatic heterocycles. The lowest BCUT2D eigenvalue weighted by Gasteiger charge is -2.26. The largest absolute Gasteiger partial charge is 0.496 e. The highest BCUT2D eigenvalue weighted by molar-refractivity contribution is 6.04. The third kappa shape index (κ3) is 5.09. The Kier molecular flexibility index (Phi) is 6.96. The number of halogens is 1. The number of methoxy groups -OCH3 is 1. The van der Waals surface area contributed by atoms with Gasteiger partial charge in [0.1, 0.15) is 18.1 Å². The molecule has 7 heteroatoms. The first-order chi connectivity index (χ1) is 16.8. The summed E-state index contributed by atoms with van der Waals surface area (Å²) in [7, 11) is 3.11. The van der Waals surface area contributed by atoms with Crippen molar-refractivity contribution in [2.24, 2.45) is 5.10 Å². The molecule has 0 fully saturated rings. The van der Waals surface area contributed by atoms with E-state index >= 15 is 0 Å². The van der Waals surface area contributed by atoms with E-state index in [1.54, 1.807) is 7.11 Å². The van der Waals surface area contributed by atoms with Crippen molar-refractivity contribution in [1.29, 1.82) is 0 Å². The minimum absolute atomic E-state index is 0.183. The third-order valence-corrected chi connectivity index (χ3v) is 6.29. The molecule has 0 unspecified atom stereocenters. The topological polar surface area (TPSA) is 62.2 Å². The van der Waals surface area contributed by atoms with Gasteiger partial charge >= 0.3 is 0 Å². The van der Waals surface area contributed by atoms with Gasteiger partial charge < -0.3 is 9.64 Å². The maximum Gasteiger partial charge on any atom is 0.262 e. The lowest BCUT2D eigenvalue weighted by atomic mass is 9.96. The molecule has 0 N–H and O–H groups in total. The number of nitrogens with zero attached hydrogens (tertiary/aromatic N) is 3. The van der Waals surface area contributed by atoms with Crippen LogP contribution in [0.2, 0.25) is 0 Å². The van der Waals surface area contributed by atoms with E-state index in [2.05, 4.69) is 13.0 Å². The molecule has 0 saturated heterocycles. The maximum absolute atomic E-state index is 13.6. The monoisotopic (exact) mass is 473 g/mol. The highest BCUT2D eigenvalue weighted by atomic mass is 19.1. The summed E-state index contributed by atoms with van der Waals surface area (Å²) in [5.74, 6) is -0.624. The first kappa shape index (κ1) is 24.1. The van der Waals surface area contributed by atoms with Crippen molar-refractivity contribution in [1.82, 2.24) is 9.91 Å². The van der Waals surface area contributed by atoms with Gasteiger partial charge in [0.05, 0.1) is 18.9 Å².